The number of hydrogen-bond donors (Lipinski definition) is 2. The number of halogens is 1. The number of carbonyl (C=O) groups is 2. The minimum absolute atomic E-state index is 0.115. The van der Waals surface area contributed by atoms with Crippen molar-refractivity contribution in [2.45, 2.75) is 109 Å². The zero-order valence-electron chi connectivity index (χ0n) is 42.3. The predicted molar refractivity (Wildman–Crippen MR) is 292 cm³/mol. The molecule has 0 atom stereocenters. The van der Waals surface area contributed by atoms with Crippen LogP contribution < -0.4 is 15.5 Å². The SMILES string of the molecule is CC.CC.CC.CC.CC.CC.Clc1c2c(nc3ccccc13)-c1ccccc1C2.O=COc1ccccc1NC(=O)CCc1ccccc1.O=c1c2c([nH]c3ccccc13)-c1ccccc1C2. The Balaban J connectivity index is 0.000000315. The van der Waals surface area contributed by atoms with Crippen LogP contribution in [0.25, 0.3) is 44.3 Å². The Morgan fingerprint density at radius 1 is 0.618 bits per heavy atom. The van der Waals surface area contributed by atoms with Crippen LogP contribution >= 0.6 is 11.6 Å². The Morgan fingerprint density at radius 2 is 1.13 bits per heavy atom. The summed E-state index contributed by atoms with van der Waals surface area (Å²) in [6, 6.07) is 49.0. The van der Waals surface area contributed by atoms with Crippen molar-refractivity contribution in [2.24, 2.45) is 0 Å². The number of pyridine rings is 2. The molecule has 1 amide bonds. The number of benzene rings is 6. The molecule has 10 rings (SSSR count). The summed E-state index contributed by atoms with van der Waals surface area (Å²) in [7, 11) is 0. The van der Waals surface area contributed by atoms with E-state index in [4.69, 9.17) is 21.3 Å². The van der Waals surface area contributed by atoms with Crippen LogP contribution in [-0.4, -0.2) is 22.3 Å². The maximum absolute atomic E-state index is 12.5. The van der Waals surface area contributed by atoms with E-state index in [1.807, 2.05) is 174 Å². The molecule has 8 aromatic rings. The minimum Gasteiger partial charge on any atom is -0.427 e. The van der Waals surface area contributed by atoms with Crippen LogP contribution in [0, 0.1) is 0 Å². The molecule has 0 radical (unpaired) electrons. The van der Waals surface area contributed by atoms with E-state index in [1.165, 1.54) is 16.7 Å². The molecule has 0 saturated heterocycles. The van der Waals surface area contributed by atoms with Crippen LogP contribution in [0.2, 0.25) is 5.02 Å². The molecule has 2 aromatic heterocycles. The first kappa shape index (κ1) is 57.3. The van der Waals surface area contributed by atoms with Gasteiger partial charge in [-0.2, -0.15) is 0 Å². The summed E-state index contributed by atoms with van der Waals surface area (Å²) in [4.78, 5) is 42.9. The molecule has 68 heavy (non-hydrogen) atoms. The second-order valence-electron chi connectivity index (χ2n) is 13.5. The first-order chi connectivity index (χ1) is 33.5. The number of aryl methyl sites for hydroxylation is 1. The topological polar surface area (TPSA) is 101 Å². The Morgan fingerprint density at radius 3 is 1.79 bits per heavy atom. The molecule has 0 saturated carbocycles. The van der Waals surface area contributed by atoms with Crippen molar-refractivity contribution in [2.75, 3.05) is 5.32 Å². The van der Waals surface area contributed by atoms with E-state index in [9.17, 15) is 14.4 Å². The van der Waals surface area contributed by atoms with Gasteiger partial charge in [-0.1, -0.05) is 216 Å². The van der Waals surface area contributed by atoms with Gasteiger partial charge in [-0.05, 0) is 53.4 Å². The zero-order valence-corrected chi connectivity index (χ0v) is 43.1. The van der Waals surface area contributed by atoms with Crippen molar-refractivity contribution in [1.29, 1.82) is 0 Å². The van der Waals surface area contributed by atoms with E-state index >= 15 is 0 Å². The van der Waals surface area contributed by atoms with E-state index in [0.717, 1.165) is 73.3 Å². The van der Waals surface area contributed by atoms with Crippen LogP contribution in [0.4, 0.5) is 5.69 Å². The average molecular weight is 935 g/mol. The lowest BCUT2D eigenvalue weighted by Gasteiger charge is -2.08. The fourth-order valence-electron chi connectivity index (χ4n) is 7.31. The number of ether oxygens (including phenoxy) is 1. The van der Waals surface area contributed by atoms with Crippen molar-refractivity contribution >= 4 is 51.5 Å². The fraction of sp³-hybridized carbons (Fsp3) is 0.267. The summed E-state index contributed by atoms with van der Waals surface area (Å²) in [5.41, 5.74) is 12.7. The van der Waals surface area contributed by atoms with Gasteiger partial charge in [-0.25, -0.2) is 4.98 Å². The van der Waals surface area contributed by atoms with Gasteiger partial charge in [0.15, 0.2) is 11.2 Å². The smallest absolute Gasteiger partial charge is 0.298 e. The van der Waals surface area contributed by atoms with Gasteiger partial charge in [0.1, 0.15) is 0 Å². The fourth-order valence-corrected chi connectivity index (χ4v) is 7.63. The molecule has 0 fully saturated rings. The van der Waals surface area contributed by atoms with E-state index in [-0.39, 0.29) is 11.3 Å². The van der Waals surface area contributed by atoms with Crippen LogP contribution in [0.3, 0.4) is 0 Å². The Labute approximate surface area is 411 Å². The largest absolute Gasteiger partial charge is 0.427 e. The van der Waals surface area contributed by atoms with E-state index in [0.29, 0.717) is 30.8 Å². The van der Waals surface area contributed by atoms with Gasteiger partial charge in [0, 0.05) is 57.8 Å². The minimum atomic E-state index is -0.115. The highest BCUT2D eigenvalue weighted by Crippen LogP contribution is 2.41. The van der Waals surface area contributed by atoms with Gasteiger partial charge in [-0.3, -0.25) is 14.4 Å². The number of carbonyl (C=O) groups excluding carboxylic acids is 2. The summed E-state index contributed by atoms with van der Waals surface area (Å²) in [5, 5.41) is 5.42. The number of hydrogen-bond acceptors (Lipinski definition) is 5. The summed E-state index contributed by atoms with van der Waals surface area (Å²) in [5.74, 6) is 0.228. The summed E-state index contributed by atoms with van der Waals surface area (Å²) in [6.45, 7) is 24.3. The lowest BCUT2D eigenvalue weighted by atomic mass is 10.1. The number of aromatic nitrogens is 2. The van der Waals surface area contributed by atoms with E-state index < -0.39 is 0 Å². The summed E-state index contributed by atoms with van der Waals surface area (Å²) >= 11 is 6.54. The first-order valence-electron chi connectivity index (χ1n) is 24.4. The highest BCUT2D eigenvalue weighted by Gasteiger charge is 2.24. The summed E-state index contributed by atoms with van der Waals surface area (Å²) < 4.78 is 4.81. The molecule has 358 valence electrons. The monoisotopic (exact) mass is 934 g/mol. The van der Waals surface area contributed by atoms with Crippen LogP contribution in [0.1, 0.15) is 117 Å². The van der Waals surface area contributed by atoms with Crippen LogP contribution in [0.5, 0.6) is 5.75 Å². The zero-order chi connectivity index (χ0) is 50.4. The number of H-pyrrole nitrogens is 1. The van der Waals surface area contributed by atoms with Gasteiger partial charge in [0.25, 0.3) is 6.47 Å². The Kier molecular flexibility index (Phi) is 26.9. The van der Waals surface area contributed by atoms with Gasteiger partial charge in [-0.15, -0.1) is 0 Å². The lowest BCUT2D eigenvalue weighted by Crippen LogP contribution is -2.13. The number of nitrogens with zero attached hydrogens (tertiary/aromatic N) is 1. The molecule has 2 aliphatic rings. The number of rotatable bonds is 6. The molecular weight excluding hydrogens is 862 g/mol. The molecule has 0 aliphatic heterocycles. The van der Waals surface area contributed by atoms with Crippen LogP contribution in [-0.2, 0) is 28.9 Å². The Bertz CT molecular complexity index is 2800. The lowest BCUT2D eigenvalue weighted by molar-refractivity contribution is -0.121. The maximum atomic E-state index is 12.5. The molecular formula is C60H72ClN3O4. The third kappa shape index (κ3) is 14.8. The van der Waals surface area contributed by atoms with Crippen molar-refractivity contribution < 1.29 is 14.3 Å². The van der Waals surface area contributed by atoms with Gasteiger partial charge in [0.2, 0.25) is 5.91 Å². The molecule has 0 unspecified atom stereocenters. The van der Waals surface area contributed by atoms with Gasteiger partial charge < -0.3 is 15.0 Å². The summed E-state index contributed by atoms with van der Waals surface area (Å²) in [6.07, 6.45) is 2.68. The highest BCUT2D eigenvalue weighted by molar-refractivity contribution is 6.36. The number of aromatic amines is 1. The molecule has 2 aliphatic carbocycles. The highest BCUT2D eigenvalue weighted by atomic mass is 35.5. The molecule has 0 spiro atoms. The van der Waals surface area contributed by atoms with Crippen molar-refractivity contribution in [3.05, 3.63) is 195 Å². The number of amides is 1. The standard InChI is InChI=1S/C16H10ClN.C16H15NO3.C16H11NO.6C2H6/c17-15-12-7-3-4-8-14(12)18-16-11-6-2-1-5-10(11)9-13(15)16;18-12-20-15-9-5-4-8-14(15)17-16(19)11-10-13-6-2-1-3-7-13;18-16-12-7-3-4-8-14(12)17-15-11-6-2-1-5-10(11)9-13(15)16;6*1-2/h1-8H,9H2;1-9,12H,10-11H2,(H,17,19);1-8H,9H2,(H,17,18);6*1-2H3. The van der Waals surface area contributed by atoms with Crippen molar-refractivity contribution in [3.8, 4) is 28.3 Å². The quantitative estimate of drug-likeness (QED) is 0.162. The van der Waals surface area contributed by atoms with E-state index in [1.54, 1.807) is 24.3 Å². The maximum Gasteiger partial charge on any atom is 0.298 e. The van der Waals surface area contributed by atoms with Gasteiger partial charge in [0.05, 0.1) is 27.6 Å². The molecule has 7 nitrogen and oxygen atoms in total. The van der Waals surface area contributed by atoms with Crippen LogP contribution in [0.15, 0.2) is 156 Å². The number of para-hydroxylation sites is 4. The Hall–Kier alpha value is -6.83. The third-order valence-corrected chi connectivity index (χ3v) is 10.5. The second kappa shape index (κ2) is 32.0. The normalized spacial score (nSPS) is 10.0. The van der Waals surface area contributed by atoms with Gasteiger partial charge >= 0.3 is 0 Å². The van der Waals surface area contributed by atoms with E-state index in [2.05, 4.69) is 46.7 Å². The number of anilines is 1. The molecule has 2 N–H and O–H groups in total. The van der Waals surface area contributed by atoms with Crippen molar-refractivity contribution in [3.63, 3.8) is 0 Å². The molecule has 2 heterocycles. The number of fused-ring (bicyclic) bond motifs is 8. The predicted octanol–water partition coefficient (Wildman–Crippen LogP) is 16.5. The number of nitrogens with one attached hydrogen (secondary N) is 2. The molecule has 6 aromatic carbocycles. The van der Waals surface area contributed by atoms with Crippen molar-refractivity contribution in [1.82, 2.24) is 9.97 Å². The average Bonchev–Trinajstić information content (AvgIpc) is 4.00. The molecule has 0 bridgehead atoms. The first-order valence-corrected chi connectivity index (χ1v) is 24.8. The molecule has 8 heteroatoms. The second-order valence-corrected chi connectivity index (χ2v) is 13.9. The third-order valence-electron chi connectivity index (χ3n) is 10.0.